The van der Waals surface area contributed by atoms with Crippen LogP contribution < -0.4 is 16.5 Å². The summed E-state index contributed by atoms with van der Waals surface area (Å²) < 4.78 is 1.49. The normalized spacial score (nSPS) is 10.6. The molecule has 0 aliphatic heterocycles. The number of hydrogen-bond acceptors (Lipinski definition) is 6. The van der Waals surface area contributed by atoms with E-state index in [1.807, 2.05) is 6.07 Å². The topological polar surface area (TPSA) is 84.7 Å². The first-order valence-corrected chi connectivity index (χ1v) is 8.62. The molecule has 7 heteroatoms. The van der Waals surface area contributed by atoms with Crippen molar-refractivity contribution in [3.05, 3.63) is 64.3 Å². The van der Waals surface area contributed by atoms with E-state index in [9.17, 15) is 4.79 Å². The van der Waals surface area contributed by atoms with E-state index in [-0.39, 0.29) is 11.6 Å². The van der Waals surface area contributed by atoms with E-state index < -0.39 is 0 Å². The van der Waals surface area contributed by atoms with Crippen molar-refractivity contribution in [3.8, 4) is 11.4 Å². The number of nitrogens with zero attached hydrogens (tertiary/aromatic N) is 4. The largest absolute Gasteiger partial charge is 0.352 e. The minimum Gasteiger partial charge on any atom is -0.298 e. The van der Waals surface area contributed by atoms with E-state index in [0.29, 0.717) is 5.82 Å². The highest BCUT2D eigenvalue weighted by Crippen LogP contribution is 2.27. The number of rotatable bonds is 6. The smallest absolute Gasteiger partial charge is 0.298 e. The van der Waals surface area contributed by atoms with Crippen LogP contribution in [0.5, 0.6) is 0 Å². The van der Waals surface area contributed by atoms with Gasteiger partial charge in [-0.2, -0.15) is 9.97 Å². The maximum absolute atomic E-state index is 12.4. The Morgan fingerprint density at radius 2 is 1.62 bits per heavy atom. The lowest BCUT2D eigenvalue weighted by Gasteiger charge is -2.16. The molecular weight excluding hydrogens is 328 g/mol. The molecule has 0 saturated heterocycles. The van der Waals surface area contributed by atoms with E-state index in [2.05, 4.69) is 51.8 Å². The molecule has 0 amide bonds. The van der Waals surface area contributed by atoms with Crippen LogP contribution in [-0.2, 0) is 19.9 Å². The molecule has 1 aromatic carbocycles. The molecule has 7 nitrogen and oxygen atoms in total. The van der Waals surface area contributed by atoms with Crippen molar-refractivity contribution in [1.82, 2.24) is 19.5 Å². The van der Waals surface area contributed by atoms with Gasteiger partial charge in [0.2, 0.25) is 5.95 Å². The second kappa shape index (κ2) is 7.77. The van der Waals surface area contributed by atoms with Crippen LogP contribution in [0.1, 0.15) is 25.0 Å². The number of hydrogen-bond donors (Lipinski definition) is 2. The van der Waals surface area contributed by atoms with Crippen LogP contribution in [-0.4, -0.2) is 19.5 Å². The molecule has 2 heterocycles. The van der Waals surface area contributed by atoms with Crippen molar-refractivity contribution in [2.24, 2.45) is 7.05 Å². The highest BCUT2D eigenvalue weighted by Gasteiger charge is 2.15. The Hall–Kier alpha value is -3.22. The van der Waals surface area contributed by atoms with Gasteiger partial charge in [-0.3, -0.25) is 20.4 Å². The summed E-state index contributed by atoms with van der Waals surface area (Å²) in [5.41, 5.74) is 9.64. The van der Waals surface area contributed by atoms with Crippen molar-refractivity contribution >= 4 is 11.6 Å². The van der Waals surface area contributed by atoms with E-state index in [4.69, 9.17) is 0 Å². The molecule has 2 N–H and O–H groups in total. The zero-order valence-corrected chi connectivity index (χ0v) is 15.2. The fourth-order valence-corrected chi connectivity index (χ4v) is 2.83. The molecule has 0 unspecified atom stereocenters. The molecule has 0 spiro atoms. The van der Waals surface area contributed by atoms with Crippen LogP contribution in [0.25, 0.3) is 11.4 Å². The van der Waals surface area contributed by atoms with Crippen LogP contribution >= 0.6 is 0 Å². The summed E-state index contributed by atoms with van der Waals surface area (Å²) in [6.45, 7) is 4.20. The molecule has 0 saturated carbocycles. The number of hydrazine groups is 1. The van der Waals surface area contributed by atoms with Gasteiger partial charge in [0, 0.05) is 25.0 Å². The van der Waals surface area contributed by atoms with Gasteiger partial charge in [-0.15, -0.1) is 0 Å². The first-order chi connectivity index (χ1) is 12.6. The van der Waals surface area contributed by atoms with E-state index in [1.54, 1.807) is 31.6 Å². The Morgan fingerprint density at radius 3 is 2.23 bits per heavy atom. The second-order valence-corrected chi connectivity index (χ2v) is 5.86. The van der Waals surface area contributed by atoms with Crippen molar-refractivity contribution in [2.45, 2.75) is 26.7 Å². The van der Waals surface area contributed by atoms with Crippen molar-refractivity contribution in [2.75, 3.05) is 10.9 Å². The van der Waals surface area contributed by atoms with Gasteiger partial charge < -0.3 is 0 Å². The first kappa shape index (κ1) is 17.6. The summed E-state index contributed by atoms with van der Waals surface area (Å²) in [5, 5.41) is 0. The Labute approximate surface area is 152 Å². The standard InChI is InChI=1S/C19H22N6O/c1-4-13-7-6-8-14(5-2)16(13)17-21-18(22-19(26)25(17)3)24-23-15-9-11-20-12-10-15/h6-12H,4-5H2,1-3H3,(H,20,23)(H,22,24,26). The number of nitrogens with one attached hydrogen (secondary N) is 2. The van der Waals surface area contributed by atoms with Gasteiger partial charge in [0.15, 0.2) is 0 Å². The van der Waals surface area contributed by atoms with Crippen LogP contribution in [0.15, 0.2) is 47.5 Å². The maximum Gasteiger partial charge on any atom is 0.352 e. The lowest BCUT2D eigenvalue weighted by atomic mass is 9.97. The zero-order valence-electron chi connectivity index (χ0n) is 15.2. The SMILES string of the molecule is CCc1cccc(CC)c1-c1nc(NNc2ccncc2)nc(=O)n1C. The fourth-order valence-electron chi connectivity index (χ4n) is 2.83. The predicted octanol–water partition coefficient (Wildman–Crippen LogP) is 2.80. The van der Waals surface area contributed by atoms with E-state index >= 15 is 0 Å². The van der Waals surface area contributed by atoms with Crippen molar-refractivity contribution in [1.29, 1.82) is 0 Å². The second-order valence-electron chi connectivity index (χ2n) is 5.86. The van der Waals surface area contributed by atoms with Gasteiger partial charge >= 0.3 is 5.69 Å². The highest BCUT2D eigenvalue weighted by atomic mass is 16.1. The van der Waals surface area contributed by atoms with Gasteiger partial charge in [-0.25, -0.2) is 4.79 Å². The highest BCUT2D eigenvalue weighted by molar-refractivity contribution is 5.66. The van der Waals surface area contributed by atoms with Gasteiger partial charge in [-0.05, 0) is 36.1 Å². The van der Waals surface area contributed by atoms with Crippen LogP contribution in [0.2, 0.25) is 0 Å². The van der Waals surface area contributed by atoms with Gasteiger partial charge in [0.05, 0.1) is 5.69 Å². The van der Waals surface area contributed by atoms with Gasteiger partial charge in [-0.1, -0.05) is 32.0 Å². The quantitative estimate of drug-likeness (QED) is 0.665. The predicted molar refractivity (Wildman–Crippen MR) is 103 cm³/mol. The zero-order chi connectivity index (χ0) is 18.5. The summed E-state index contributed by atoms with van der Waals surface area (Å²) in [6, 6.07) is 9.80. The summed E-state index contributed by atoms with van der Waals surface area (Å²) in [4.78, 5) is 24.9. The summed E-state index contributed by atoms with van der Waals surface area (Å²) >= 11 is 0. The lowest BCUT2D eigenvalue weighted by Crippen LogP contribution is -2.26. The van der Waals surface area contributed by atoms with Crippen molar-refractivity contribution in [3.63, 3.8) is 0 Å². The molecule has 3 rings (SSSR count). The third-order valence-electron chi connectivity index (χ3n) is 4.24. The monoisotopic (exact) mass is 350 g/mol. The Morgan fingerprint density at radius 1 is 0.962 bits per heavy atom. The summed E-state index contributed by atoms with van der Waals surface area (Å²) in [5.74, 6) is 0.839. The van der Waals surface area contributed by atoms with Gasteiger partial charge in [0.25, 0.3) is 0 Å². The average Bonchev–Trinajstić information content (AvgIpc) is 2.69. The third-order valence-corrected chi connectivity index (χ3v) is 4.24. The van der Waals surface area contributed by atoms with E-state index in [1.165, 1.54) is 4.57 Å². The third kappa shape index (κ3) is 3.56. The maximum atomic E-state index is 12.4. The van der Waals surface area contributed by atoms with Gasteiger partial charge in [0.1, 0.15) is 5.82 Å². The molecule has 0 radical (unpaired) electrons. The lowest BCUT2D eigenvalue weighted by molar-refractivity contribution is 0.782. The summed E-state index contributed by atoms with van der Waals surface area (Å²) in [7, 11) is 1.70. The van der Waals surface area contributed by atoms with Crippen molar-refractivity contribution < 1.29 is 0 Å². The minimum absolute atomic E-state index is 0.230. The fraction of sp³-hybridized carbons (Fsp3) is 0.263. The molecule has 26 heavy (non-hydrogen) atoms. The number of aryl methyl sites for hydroxylation is 2. The molecule has 0 aliphatic carbocycles. The Bertz CT molecular complexity index is 930. The molecule has 2 aromatic heterocycles. The molecule has 134 valence electrons. The minimum atomic E-state index is -0.359. The molecule has 3 aromatic rings. The summed E-state index contributed by atoms with van der Waals surface area (Å²) in [6.07, 6.45) is 5.06. The average molecular weight is 350 g/mol. The van der Waals surface area contributed by atoms with Crippen LogP contribution in [0.4, 0.5) is 11.6 Å². The number of anilines is 2. The molecule has 0 bridgehead atoms. The Balaban J connectivity index is 2.03. The molecule has 0 aliphatic rings. The van der Waals surface area contributed by atoms with Crippen LogP contribution in [0, 0.1) is 0 Å². The number of benzene rings is 1. The molecule has 0 atom stereocenters. The number of aromatic nitrogens is 4. The Kier molecular flexibility index (Phi) is 5.26. The first-order valence-electron chi connectivity index (χ1n) is 8.62. The molecular formula is C19H22N6O. The molecule has 0 fully saturated rings. The van der Waals surface area contributed by atoms with E-state index in [0.717, 1.165) is 35.2 Å². The van der Waals surface area contributed by atoms with Crippen LogP contribution in [0.3, 0.4) is 0 Å². The number of pyridine rings is 1.